The van der Waals surface area contributed by atoms with Crippen LogP contribution in [0.15, 0.2) is 42.6 Å². The van der Waals surface area contributed by atoms with Crippen molar-refractivity contribution in [1.29, 1.82) is 0 Å². The lowest BCUT2D eigenvalue weighted by Crippen LogP contribution is -2.37. The largest absolute Gasteiger partial charge is 0.369 e. The molecule has 0 saturated carbocycles. The van der Waals surface area contributed by atoms with Gasteiger partial charge in [-0.3, -0.25) is 9.59 Å². The Kier molecular flexibility index (Phi) is 4.13. The number of hydrogen-bond acceptors (Lipinski definition) is 4. The summed E-state index contributed by atoms with van der Waals surface area (Å²) in [6.45, 7) is 0.473. The summed E-state index contributed by atoms with van der Waals surface area (Å²) in [5.74, 6) is 4.59. The first-order chi connectivity index (χ1) is 13.4. The Morgan fingerprint density at radius 3 is 2.89 bits per heavy atom. The van der Waals surface area contributed by atoms with E-state index in [-0.39, 0.29) is 18.0 Å². The second-order valence-electron chi connectivity index (χ2n) is 6.83. The number of H-pyrrole nitrogens is 1. The Morgan fingerprint density at radius 1 is 1.36 bits per heavy atom. The van der Waals surface area contributed by atoms with Crippen LogP contribution in [0, 0.1) is 11.8 Å². The van der Waals surface area contributed by atoms with E-state index in [2.05, 4.69) is 21.8 Å². The van der Waals surface area contributed by atoms with Crippen molar-refractivity contribution in [1.82, 2.24) is 14.9 Å². The number of aliphatic hydroxyl groups is 1. The molecular formula is C21H18N4O3. The molecule has 1 aliphatic rings. The fraction of sp³-hybridized carbons (Fsp3) is 0.190. The highest BCUT2D eigenvalue weighted by atomic mass is 16.3. The monoisotopic (exact) mass is 374 g/mol. The molecule has 1 aromatic carbocycles. The third-order valence-electron chi connectivity index (χ3n) is 4.86. The molecule has 7 nitrogen and oxygen atoms in total. The number of nitrogens with zero attached hydrogens (tertiary/aromatic N) is 2. The number of amides is 2. The zero-order valence-electron chi connectivity index (χ0n) is 15.2. The van der Waals surface area contributed by atoms with Gasteiger partial charge in [-0.2, -0.15) is 0 Å². The number of aromatic nitrogens is 2. The average molecular weight is 374 g/mol. The maximum absolute atomic E-state index is 12.1. The van der Waals surface area contributed by atoms with E-state index in [1.807, 2.05) is 18.2 Å². The molecule has 0 spiro atoms. The number of rotatable bonds is 2. The van der Waals surface area contributed by atoms with Crippen LogP contribution in [-0.2, 0) is 4.79 Å². The smallest absolute Gasteiger partial charge is 0.269 e. The third kappa shape index (κ3) is 3.00. The lowest BCUT2D eigenvalue weighted by atomic mass is 10.0. The van der Waals surface area contributed by atoms with Gasteiger partial charge in [-0.15, -0.1) is 0 Å². The maximum Gasteiger partial charge on any atom is 0.269 e. The van der Waals surface area contributed by atoms with E-state index in [9.17, 15) is 14.7 Å². The molecule has 1 aliphatic heterocycles. The molecule has 1 saturated heterocycles. The molecule has 0 aliphatic carbocycles. The fourth-order valence-electron chi connectivity index (χ4n) is 3.29. The first-order valence-electron chi connectivity index (χ1n) is 8.77. The summed E-state index contributed by atoms with van der Waals surface area (Å²) in [5, 5.41) is 11.3. The minimum absolute atomic E-state index is 0.169. The minimum atomic E-state index is -1.65. The molecule has 28 heavy (non-hydrogen) atoms. The summed E-state index contributed by atoms with van der Waals surface area (Å²) in [6.07, 6.45) is 2.00. The lowest BCUT2D eigenvalue weighted by Gasteiger charge is -2.13. The molecule has 0 unspecified atom stereocenters. The van der Waals surface area contributed by atoms with E-state index in [1.165, 1.54) is 4.90 Å². The molecule has 7 heteroatoms. The van der Waals surface area contributed by atoms with Crippen LogP contribution in [0.4, 0.5) is 0 Å². The number of aromatic amines is 1. The van der Waals surface area contributed by atoms with Crippen molar-refractivity contribution in [2.24, 2.45) is 5.73 Å². The summed E-state index contributed by atoms with van der Waals surface area (Å²) in [5.41, 5.74) is 6.55. The number of carbonyl (C=O) groups excluding carboxylic acids is 2. The Hall–Kier alpha value is -3.63. The number of hydrogen-bond donors (Lipinski definition) is 3. The molecule has 1 atom stereocenters. The average Bonchev–Trinajstić information content (AvgIpc) is 3.26. The molecule has 3 aromatic rings. The van der Waals surface area contributed by atoms with Crippen molar-refractivity contribution < 1.29 is 14.7 Å². The van der Waals surface area contributed by atoms with Crippen LogP contribution >= 0.6 is 0 Å². The van der Waals surface area contributed by atoms with Gasteiger partial charge >= 0.3 is 0 Å². The summed E-state index contributed by atoms with van der Waals surface area (Å²) in [6, 6.07) is 10.9. The zero-order chi connectivity index (χ0) is 19.9. The van der Waals surface area contributed by atoms with Gasteiger partial charge in [0.2, 0.25) is 5.60 Å². The molecule has 140 valence electrons. The van der Waals surface area contributed by atoms with Crippen molar-refractivity contribution in [3.05, 3.63) is 53.9 Å². The Balaban J connectivity index is 1.73. The van der Waals surface area contributed by atoms with E-state index >= 15 is 0 Å². The van der Waals surface area contributed by atoms with Crippen LogP contribution in [0.3, 0.4) is 0 Å². The minimum Gasteiger partial charge on any atom is -0.369 e. The van der Waals surface area contributed by atoms with Gasteiger partial charge < -0.3 is 20.7 Å². The van der Waals surface area contributed by atoms with E-state index in [1.54, 1.807) is 31.4 Å². The number of likely N-dealkylation sites (tertiary alicyclic amines) is 1. The first-order valence-corrected chi connectivity index (χ1v) is 8.77. The summed E-state index contributed by atoms with van der Waals surface area (Å²) >= 11 is 0. The van der Waals surface area contributed by atoms with Crippen LogP contribution in [0.5, 0.6) is 0 Å². The first kappa shape index (κ1) is 17.8. The number of likely N-dealkylation sites (N-methyl/N-ethyl adjacent to an activating group) is 1. The Labute approximate surface area is 161 Å². The van der Waals surface area contributed by atoms with E-state index in [4.69, 9.17) is 5.73 Å². The molecule has 0 radical (unpaired) electrons. The molecule has 3 heterocycles. The topological polar surface area (TPSA) is 112 Å². The van der Waals surface area contributed by atoms with Gasteiger partial charge in [0.1, 0.15) is 0 Å². The van der Waals surface area contributed by atoms with Gasteiger partial charge in [-0.25, -0.2) is 4.98 Å². The normalized spacial score (nSPS) is 18.9. The van der Waals surface area contributed by atoms with Crippen LogP contribution in [0.2, 0.25) is 0 Å². The number of nitrogens with one attached hydrogen (secondary N) is 1. The van der Waals surface area contributed by atoms with Crippen molar-refractivity contribution in [3.63, 3.8) is 0 Å². The van der Waals surface area contributed by atoms with Gasteiger partial charge in [0, 0.05) is 42.7 Å². The molecule has 2 amide bonds. The standard InChI is InChI=1S/C21H18N4O3/c1-25-10-8-21(28,20(25)27)7-5-13-3-2-4-14(11-13)16-12-15-6-9-23-17(15)18(24-16)19(22)26/h2-4,6,9,11-12,23,28H,8,10H2,1H3,(H2,22,26)/t21-/m0/s1. The third-order valence-corrected chi connectivity index (χ3v) is 4.86. The second kappa shape index (κ2) is 6.51. The predicted molar refractivity (Wildman–Crippen MR) is 104 cm³/mol. The number of benzene rings is 1. The van der Waals surface area contributed by atoms with Crippen molar-refractivity contribution in [2.75, 3.05) is 13.6 Å². The quantitative estimate of drug-likeness (QED) is 0.587. The highest BCUT2D eigenvalue weighted by Gasteiger charge is 2.42. The number of primary amides is 1. The van der Waals surface area contributed by atoms with Gasteiger partial charge in [0.05, 0.1) is 11.2 Å². The van der Waals surface area contributed by atoms with Gasteiger partial charge in [-0.05, 0) is 24.3 Å². The zero-order valence-corrected chi connectivity index (χ0v) is 15.2. The highest BCUT2D eigenvalue weighted by Crippen LogP contribution is 2.25. The van der Waals surface area contributed by atoms with Gasteiger partial charge in [-0.1, -0.05) is 24.0 Å². The molecule has 2 aromatic heterocycles. The van der Waals surface area contributed by atoms with Crippen molar-refractivity contribution in [2.45, 2.75) is 12.0 Å². The van der Waals surface area contributed by atoms with E-state index in [0.29, 0.717) is 23.3 Å². The molecule has 4 N–H and O–H groups in total. The van der Waals surface area contributed by atoms with Crippen LogP contribution < -0.4 is 5.73 Å². The van der Waals surface area contributed by atoms with Crippen LogP contribution in [0.1, 0.15) is 22.5 Å². The second-order valence-corrected chi connectivity index (χ2v) is 6.83. The Bertz CT molecular complexity index is 1170. The Morgan fingerprint density at radius 2 is 2.18 bits per heavy atom. The van der Waals surface area contributed by atoms with E-state index in [0.717, 1.165) is 10.9 Å². The van der Waals surface area contributed by atoms with Crippen molar-refractivity contribution in [3.8, 4) is 23.1 Å². The van der Waals surface area contributed by atoms with E-state index < -0.39 is 11.5 Å². The van der Waals surface area contributed by atoms with Crippen LogP contribution in [-0.4, -0.2) is 51.0 Å². The number of fused-ring (bicyclic) bond motifs is 1. The SMILES string of the molecule is CN1CC[C@@](O)(C#Cc2cccc(-c3cc4cc[nH]c4c(C(N)=O)n3)c2)C1=O. The van der Waals surface area contributed by atoms with Gasteiger partial charge in [0.15, 0.2) is 5.69 Å². The summed E-state index contributed by atoms with van der Waals surface area (Å²) in [4.78, 5) is 32.6. The molecule has 0 bridgehead atoms. The summed E-state index contributed by atoms with van der Waals surface area (Å²) < 4.78 is 0. The number of nitrogens with two attached hydrogens (primary N) is 1. The molecule has 1 fully saturated rings. The number of pyridine rings is 1. The summed E-state index contributed by atoms with van der Waals surface area (Å²) in [7, 11) is 1.64. The molecular weight excluding hydrogens is 356 g/mol. The van der Waals surface area contributed by atoms with Crippen molar-refractivity contribution >= 4 is 22.7 Å². The number of carbonyl (C=O) groups is 2. The molecule has 4 rings (SSSR count). The fourth-order valence-corrected chi connectivity index (χ4v) is 3.29. The van der Waals surface area contributed by atoms with Crippen LogP contribution in [0.25, 0.3) is 22.2 Å². The lowest BCUT2D eigenvalue weighted by molar-refractivity contribution is -0.137. The van der Waals surface area contributed by atoms with Gasteiger partial charge in [0.25, 0.3) is 11.8 Å². The predicted octanol–water partition coefficient (Wildman–Crippen LogP) is 1.27. The highest BCUT2D eigenvalue weighted by molar-refractivity contribution is 6.04. The maximum atomic E-state index is 12.1.